The number of halogens is 2. The second kappa shape index (κ2) is 2.34. The fourth-order valence-corrected chi connectivity index (χ4v) is 0. The molecular weight excluding hydrogens is 182 g/mol. The predicted molar refractivity (Wildman–Crippen MR) is 42.7 cm³/mol. The summed E-state index contributed by atoms with van der Waals surface area (Å²) in [6.45, 7) is 5.65. The number of hydrogen-bond donors (Lipinski definition) is 0. The van der Waals surface area contributed by atoms with E-state index in [1.165, 1.54) is 0 Å². The van der Waals surface area contributed by atoms with Crippen LogP contribution in [0.2, 0.25) is 19.6 Å². The minimum Gasteiger partial charge on any atom is -0.295 e. The molecule has 0 atom stereocenters. The monoisotopic (exact) mass is 190 g/mol. The van der Waals surface area contributed by atoms with E-state index in [1.54, 1.807) is 0 Å². The van der Waals surface area contributed by atoms with Crippen molar-refractivity contribution in [1.82, 2.24) is 0 Å². The number of hydrogen-bond acceptors (Lipinski definition) is 1. The third-order valence-electron chi connectivity index (χ3n) is 0.781. The summed E-state index contributed by atoms with van der Waals surface area (Å²) in [5.41, 5.74) is 0. The molecule has 0 spiro atoms. The number of rotatable bonds is 1. The van der Waals surface area contributed by atoms with Crippen molar-refractivity contribution < 1.29 is 4.57 Å². The summed E-state index contributed by atoms with van der Waals surface area (Å²) in [7, 11) is -1.77. The molecule has 1 nitrogen and oxygen atoms in total. The first kappa shape index (κ1) is 9.03. The first-order chi connectivity index (χ1) is 3.25. The molecule has 0 rings (SSSR count). The van der Waals surface area contributed by atoms with Crippen LogP contribution in [0.1, 0.15) is 0 Å². The van der Waals surface area contributed by atoms with Crippen molar-refractivity contribution in [3.05, 3.63) is 0 Å². The van der Waals surface area contributed by atoms with Crippen molar-refractivity contribution in [2.75, 3.05) is 0 Å². The van der Waals surface area contributed by atoms with Gasteiger partial charge in [-0.25, -0.2) is 0 Å². The Balaban J connectivity index is 4.26. The van der Waals surface area contributed by atoms with Crippen LogP contribution in [-0.2, 0) is 4.57 Å². The van der Waals surface area contributed by atoms with Crippen LogP contribution in [-0.4, -0.2) is 7.74 Å². The van der Waals surface area contributed by atoms with E-state index in [-0.39, 0.29) is 0 Å². The molecule has 0 aromatic heterocycles. The van der Waals surface area contributed by atoms with E-state index in [0.717, 1.165) is 0 Å². The van der Waals surface area contributed by atoms with Gasteiger partial charge in [0.05, 0.1) is 0 Å². The van der Waals surface area contributed by atoms with Crippen molar-refractivity contribution >= 4 is 35.6 Å². The lowest BCUT2D eigenvalue weighted by Gasteiger charge is -2.15. The molecule has 0 unspecified atom stereocenters. The van der Waals surface area contributed by atoms with Gasteiger partial charge < -0.3 is 0 Å². The second-order valence-electron chi connectivity index (χ2n) is 2.63. The van der Waals surface area contributed by atoms with Crippen molar-refractivity contribution in [2.45, 2.75) is 19.6 Å². The summed E-state index contributed by atoms with van der Waals surface area (Å²) < 4.78 is 10.8. The minimum atomic E-state index is -2.77. The maximum absolute atomic E-state index is 10.8. The average Bonchev–Trinajstić information content (AvgIpc) is 1.25. The van der Waals surface area contributed by atoms with E-state index in [9.17, 15) is 4.57 Å². The van der Waals surface area contributed by atoms with E-state index in [2.05, 4.69) is 0 Å². The highest BCUT2D eigenvalue weighted by atomic mass is 35.9. The maximum Gasteiger partial charge on any atom is 0.227 e. The minimum absolute atomic E-state index is 1.77. The molecule has 0 saturated carbocycles. The molecule has 0 aliphatic heterocycles. The van der Waals surface area contributed by atoms with Gasteiger partial charge in [-0.1, -0.05) is 19.6 Å². The lowest BCUT2D eigenvalue weighted by molar-refractivity contribution is 0.598. The Kier molecular flexibility index (Phi) is 2.64. The van der Waals surface area contributed by atoms with Crippen LogP contribution in [0.5, 0.6) is 0 Å². The van der Waals surface area contributed by atoms with Gasteiger partial charge in [0.15, 0.2) is 7.74 Å². The zero-order valence-corrected chi connectivity index (χ0v) is 8.52. The van der Waals surface area contributed by atoms with E-state index in [0.29, 0.717) is 0 Å². The van der Waals surface area contributed by atoms with Crippen LogP contribution in [0.3, 0.4) is 0 Å². The van der Waals surface area contributed by atoms with Crippen LogP contribution >= 0.6 is 27.9 Å². The first-order valence-corrected chi connectivity index (χ1v) is 10.1. The Morgan fingerprint density at radius 1 is 1.25 bits per heavy atom. The molecule has 0 radical (unpaired) electrons. The lowest BCUT2D eigenvalue weighted by Crippen LogP contribution is -2.14. The van der Waals surface area contributed by atoms with Crippen LogP contribution in [0, 0.1) is 0 Å². The highest BCUT2D eigenvalue weighted by molar-refractivity contribution is 8.30. The Hall–Kier alpha value is 1.03. The summed E-state index contributed by atoms with van der Waals surface area (Å²) >= 11 is 10.8. The molecule has 0 saturated heterocycles. The van der Waals surface area contributed by atoms with Gasteiger partial charge in [-0.3, -0.25) is 4.57 Å². The fourth-order valence-electron chi connectivity index (χ4n) is 0. The van der Waals surface area contributed by atoms with Gasteiger partial charge in [0.1, 0.15) is 0 Å². The summed E-state index contributed by atoms with van der Waals surface area (Å²) in [6.07, 6.45) is 0. The molecule has 50 valence electrons. The van der Waals surface area contributed by atoms with Crippen molar-refractivity contribution in [2.24, 2.45) is 0 Å². The van der Waals surface area contributed by atoms with Gasteiger partial charge in [-0.2, -0.15) is 0 Å². The van der Waals surface area contributed by atoms with Crippen molar-refractivity contribution in [3.8, 4) is 0 Å². The molecule has 0 fully saturated rings. The van der Waals surface area contributed by atoms with Gasteiger partial charge in [-0.05, 0) is 22.5 Å². The smallest absolute Gasteiger partial charge is 0.227 e. The Morgan fingerprint density at radius 3 is 1.38 bits per heavy atom. The molecule has 0 amide bonds. The maximum atomic E-state index is 10.8. The normalized spacial score (nSPS) is 14.1. The highest BCUT2D eigenvalue weighted by Crippen LogP contribution is 2.64. The summed E-state index contributed by atoms with van der Waals surface area (Å²) in [6, 6.07) is 0. The van der Waals surface area contributed by atoms with Crippen molar-refractivity contribution in [1.29, 1.82) is 0 Å². The van der Waals surface area contributed by atoms with Crippen LogP contribution < -0.4 is 0 Å². The standard InChI is InChI=1S/C3H9Cl2OPSi/c1-8(2,3)7(4,5)6/h1-3H3. The Labute approximate surface area is 60.2 Å². The molecule has 0 heterocycles. The zero-order valence-electron chi connectivity index (χ0n) is 5.11. The van der Waals surface area contributed by atoms with Crippen LogP contribution in [0.15, 0.2) is 0 Å². The summed E-state index contributed by atoms with van der Waals surface area (Å²) in [4.78, 5) is 0. The summed E-state index contributed by atoms with van der Waals surface area (Å²) in [5.74, 6) is 0. The SMILES string of the molecule is C[Si](C)(C)P(=O)(Cl)Cl. The van der Waals surface area contributed by atoms with E-state index in [1.807, 2.05) is 19.6 Å². The Bertz CT molecular complexity index is 124. The summed E-state index contributed by atoms with van der Waals surface area (Å²) in [5, 5.41) is -2.77. The molecule has 5 heteroatoms. The zero-order chi connectivity index (χ0) is 7.00. The molecule has 0 bridgehead atoms. The lowest BCUT2D eigenvalue weighted by atomic mass is 11.8. The second-order valence-corrected chi connectivity index (χ2v) is 18.9. The van der Waals surface area contributed by atoms with Crippen LogP contribution in [0.25, 0.3) is 0 Å². The molecule has 0 aliphatic rings. The molecule has 0 aliphatic carbocycles. The largest absolute Gasteiger partial charge is 0.295 e. The fraction of sp³-hybridized carbons (Fsp3) is 1.00. The molecule has 0 N–H and O–H groups in total. The molecular formula is C3H9Cl2OPSi. The molecule has 8 heavy (non-hydrogen) atoms. The van der Waals surface area contributed by atoms with E-state index in [4.69, 9.17) is 22.5 Å². The van der Waals surface area contributed by atoms with Gasteiger partial charge >= 0.3 is 0 Å². The molecule has 0 aromatic carbocycles. The van der Waals surface area contributed by atoms with Gasteiger partial charge in [-0.15, -0.1) is 0 Å². The topological polar surface area (TPSA) is 17.1 Å². The molecule has 0 aromatic rings. The average molecular weight is 191 g/mol. The van der Waals surface area contributed by atoms with Gasteiger partial charge in [0, 0.05) is 0 Å². The van der Waals surface area contributed by atoms with Crippen LogP contribution in [0.4, 0.5) is 0 Å². The van der Waals surface area contributed by atoms with E-state index < -0.39 is 13.1 Å². The predicted octanol–water partition coefficient (Wildman–Crippen LogP) is 3.49. The van der Waals surface area contributed by atoms with Gasteiger partial charge in [0.2, 0.25) is 5.40 Å². The highest BCUT2D eigenvalue weighted by Gasteiger charge is 2.34. The third kappa shape index (κ3) is 2.54. The first-order valence-electron chi connectivity index (χ1n) is 2.24. The third-order valence-corrected chi connectivity index (χ3v) is 16.2. The van der Waals surface area contributed by atoms with Crippen molar-refractivity contribution in [3.63, 3.8) is 0 Å². The van der Waals surface area contributed by atoms with Gasteiger partial charge in [0.25, 0.3) is 0 Å². The quantitative estimate of drug-likeness (QED) is 0.458. The van der Waals surface area contributed by atoms with E-state index >= 15 is 0 Å². The Morgan fingerprint density at radius 2 is 1.38 bits per heavy atom.